The summed E-state index contributed by atoms with van der Waals surface area (Å²) in [6.07, 6.45) is 1.67. The van der Waals surface area contributed by atoms with Crippen molar-refractivity contribution in [3.8, 4) is 10.6 Å². The number of rotatable bonds is 7. The predicted molar refractivity (Wildman–Crippen MR) is 123 cm³/mol. The van der Waals surface area contributed by atoms with Crippen LogP contribution in [-0.2, 0) is 16.0 Å². The molecule has 6 nitrogen and oxygen atoms in total. The van der Waals surface area contributed by atoms with Gasteiger partial charge in [0.1, 0.15) is 10.8 Å². The third-order valence-corrected chi connectivity index (χ3v) is 6.46. The molecule has 1 saturated heterocycles. The van der Waals surface area contributed by atoms with Crippen molar-refractivity contribution in [3.63, 3.8) is 0 Å². The molecule has 1 aliphatic heterocycles. The highest BCUT2D eigenvalue weighted by atomic mass is 32.2. The maximum absolute atomic E-state index is 13.0. The monoisotopic (exact) mass is 467 g/mol. The maximum Gasteiger partial charge on any atom is 0.293 e. The summed E-state index contributed by atoms with van der Waals surface area (Å²) in [6, 6.07) is 15.4. The van der Waals surface area contributed by atoms with E-state index >= 15 is 0 Å². The Hall–Kier alpha value is -3.30. The van der Waals surface area contributed by atoms with E-state index in [1.54, 1.807) is 6.08 Å². The molecule has 0 bridgehead atoms. The summed E-state index contributed by atoms with van der Waals surface area (Å²) in [7, 11) is 0. The van der Waals surface area contributed by atoms with Gasteiger partial charge in [-0.3, -0.25) is 19.3 Å². The number of hydrogen-bond acceptors (Lipinski definition) is 6. The molecule has 32 heavy (non-hydrogen) atoms. The number of imide groups is 1. The third-order valence-electron chi connectivity index (χ3n) is 4.61. The molecular formula is C23H18FN3O3S2. The lowest BCUT2D eigenvalue weighted by Crippen LogP contribution is -2.37. The number of benzene rings is 2. The van der Waals surface area contributed by atoms with Crippen molar-refractivity contribution in [1.29, 1.82) is 0 Å². The summed E-state index contributed by atoms with van der Waals surface area (Å²) in [5.74, 6) is -1.03. The van der Waals surface area contributed by atoms with Gasteiger partial charge >= 0.3 is 0 Å². The van der Waals surface area contributed by atoms with Crippen LogP contribution in [0.25, 0.3) is 16.6 Å². The minimum Gasteiger partial charge on any atom is -0.354 e. The predicted octanol–water partition coefficient (Wildman–Crippen LogP) is 4.34. The number of nitrogens with zero attached hydrogens (tertiary/aromatic N) is 2. The number of amides is 3. The van der Waals surface area contributed by atoms with Gasteiger partial charge in [0, 0.05) is 24.0 Å². The molecule has 2 heterocycles. The number of carbonyl (C=O) groups excluding carboxylic acids is 3. The van der Waals surface area contributed by atoms with Gasteiger partial charge in [-0.25, -0.2) is 9.37 Å². The van der Waals surface area contributed by atoms with E-state index in [4.69, 9.17) is 0 Å². The Bertz CT molecular complexity index is 1180. The van der Waals surface area contributed by atoms with E-state index in [1.165, 1.54) is 35.6 Å². The molecule has 1 fully saturated rings. The Morgan fingerprint density at radius 2 is 1.84 bits per heavy atom. The van der Waals surface area contributed by atoms with E-state index in [2.05, 4.69) is 10.3 Å². The Morgan fingerprint density at radius 3 is 2.59 bits per heavy atom. The van der Waals surface area contributed by atoms with Gasteiger partial charge < -0.3 is 5.32 Å². The number of carbonyl (C=O) groups is 3. The molecule has 0 spiro atoms. The highest BCUT2D eigenvalue weighted by molar-refractivity contribution is 8.18. The SMILES string of the molecule is O=C(Cc1csc(-c2ccccc2)n1)NCCN1C(=O)S/C(=C\c2ccc(F)cc2)C1=O. The van der Waals surface area contributed by atoms with Gasteiger partial charge in [0.15, 0.2) is 0 Å². The van der Waals surface area contributed by atoms with Crippen molar-refractivity contribution in [2.24, 2.45) is 0 Å². The minimum absolute atomic E-state index is 0.0729. The quantitative estimate of drug-likeness (QED) is 0.523. The van der Waals surface area contributed by atoms with Crippen LogP contribution in [0.2, 0.25) is 0 Å². The summed E-state index contributed by atoms with van der Waals surface area (Å²) >= 11 is 2.30. The average Bonchev–Trinajstić information content (AvgIpc) is 3.36. The second-order valence-corrected chi connectivity index (χ2v) is 8.77. The third kappa shape index (κ3) is 5.30. The van der Waals surface area contributed by atoms with E-state index in [-0.39, 0.29) is 36.1 Å². The molecule has 1 aliphatic rings. The Morgan fingerprint density at radius 1 is 1.09 bits per heavy atom. The fraction of sp³-hybridized carbons (Fsp3) is 0.130. The Balaban J connectivity index is 1.28. The molecule has 0 saturated carbocycles. The molecule has 3 aromatic rings. The number of hydrogen-bond donors (Lipinski definition) is 1. The first-order chi connectivity index (χ1) is 15.5. The van der Waals surface area contributed by atoms with Gasteiger partial charge in [0.25, 0.3) is 11.1 Å². The topological polar surface area (TPSA) is 79.4 Å². The van der Waals surface area contributed by atoms with Crippen LogP contribution in [0.5, 0.6) is 0 Å². The molecule has 4 rings (SSSR count). The molecule has 1 aromatic heterocycles. The summed E-state index contributed by atoms with van der Waals surface area (Å²) in [5, 5.41) is 5.02. The van der Waals surface area contributed by atoms with E-state index in [0.717, 1.165) is 27.2 Å². The molecule has 0 radical (unpaired) electrons. The van der Waals surface area contributed by atoms with Crippen LogP contribution in [0.1, 0.15) is 11.3 Å². The van der Waals surface area contributed by atoms with Crippen molar-refractivity contribution in [2.45, 2.75) is 6.42 Å². The largest absolute Gasteiger partial charge is 0.354 e. The van der Waals surface area contributed by atoms with Crippen LogP contribution < -0.4 is 5.32 Å². The number of thioether (sulfide) groups is 1. The van der Waals surface area contributed by atoms with Gasteiger partial charge in [0.2, 0.25) is 5.91 Å². The van der Waals surface area contributed by atoms with Gasteiger partial charge in [-0.15, -0.1) is 11.3 Å². The molecule has 0 atom stereocenters. The summed E-state index contributed by atoms with van der Waals surface area (Å²) < 4.78 is 13.0. The van der Waals surface area contributed by atoms with Crippen molar-refractivity contribution in [2.75, 3.05) is 13.1 Å². The zero-order valence-electron chi connectivity index (χ0n) is 16.8. The number of halogens is 1. The number of nitrogens with one attached hydrogen (secondary N) is 1. The molecule has 9 heteroatoms. The van der Waals surface area contributed by atoms with E-state index < -0.39 is 11.1 Å². The summed E-state index contributed by atoms with van der Waals surface area (Å²) in [5.41, 5.74) is 2.29. The minimum atomic E-state index is -0.425. The first-order valence-corrected chi connectivity index (χ1v) is 11.5. The fourth-order valence-electron chi connectivity index (χ4n) is 3.04. The standard InChI is InChI=1S/C23H18FN3O3S2/c24-17-8-6-15(7-9-17)12-19-22(29)27(23(30)32-19)11-10-25-20(28)13-18-14-31-21(26-18)16-4-2-1-3-5-16/h1-9,12,14H,10-11,13H2,(H,25,28)/b19-12-. The van der Waals surface area contributed by atoms with Crippen molar-refractivity contribution in [3.05, 3.63) is 82.0 Å². The molecule has 1 N–H and O–H groups in total. The van der Waals surface area contributed by atoms with Crippen molar-refractivity contribution < 1.29 is 18.8 Å². The molecule has 162 valence electrons. The smallest absolute Gasteiger partial charge is 0.293 e. The van der Waals surface area contributed by atoms with Gasteiger partial charge in [-0.05, 0) is 35.5 Å². The van der Waals surface area contributed by atoms with Crippen LogP contribution in [-0.4, -0.2) is 40.0 Å². The highest BCUT2D eigenvalue weighted by Crippen LogP contribution is 2.32. The van der Waals surface area contributed by atoms with Gasteiger partial charge in [-0.2, -0.15) is 0 Å². The van der Waals surface area contributed by atoms with Gasteiger partial charge in [-0.1, -0.05) is 42.5 Å². The fourth-order valence-corrected chi connectivity index (χ4v) is 4.73. The second-order valence-electron chi connectivity index (χ2n) is 6.92. The number of aromatic nitrogens is 1. The molecule has 0 aliphatic carbocycles. The maximum atomic E-state index is 13.0. The van der Waals surface area contributed by atoms with Gasteiger partial charge in [0.05, 0.1) is 17.0 Å². The van der Waals surface area contributed by atoms with Crippen LogP contribution in [0.3, 0.4) is 0 Å². The van der Waals surface area contributed by atoms with E-state index in [0.29, 0.717) is 11.3 Å². The summed E-state index contributed by atoms with van der Waals surface area (Å²) in [6.45, 7) is 0.222. The van der Waals surface area contributed by atoms with Crippen LogP contribution in [0.4, 0.5) is 9.18 Å². The Labute approximate surface area is 192 Å². The summed E-state index contributed by atoms with van der Waals surface area (Å²) in [4.78, 5) is 42.8. The highest BCUT2D eigenvalue weighted by Gasteiger charge is 2.34. The van der Waals surface area contributed by atoms with Crippen LogP contribution in [0, 0.1) is 5.82 Å². The first kappa shape index (κ1) is 21.9. The van der Waals surface area contributed by atoms with Crippen molar-refractivity contribution in [1.82, 2.24) is 15.2 Å². The number of thiazole rings is 1. The molecule has 0 unspecified atom stereocenters. The average molecular weight is 468 g/mol. The van der Waals surface area contributed by atoms with Crippen LogP contribution >= 0.6 is 23.1 Å². The normalized spacial score (nSPS) is 14.9. The Kier molecular flexibility index (Phi) is 6.77. The zero-order valence-corrected chi connectivity index (χ0v) is 18.4. The van der Waals surface area contributed by atoms with E-state index in [9.17, 15) is 18.8 Å². The van der Waals surface area contributed by atoms with Crippen molar-refractivity contribution >= 4 is 46.2 Å². The lowest BCUT2D eigenvalue weighted by Gasteiger charge is -2.12. The lowest BCUT2D eigenvalue weighted by molar-refractivity contribution is -0.124. The molecule has 2 aromatic carbocycles. The van der Waals surface area contributed by atoms with Crippen LogP contribution in [0.15, 0.2) is 64.9 Å². The zero-order chi connectivity index (χ0) is 22.5. The first-order valence-electron chi connectivity index (χ1n) is 9.77. The molecule has 3 amide bonds. The second kappa shape index (κ2) is 9.88. The van der Waals surface area contributed by atoms with E-state index in [1.807, 2.05) is 35.7 Å². The lowest BCUT2D eigenvalue weighted by atomic mass is 10.2. The molecular weight excluding hydrogens is 449 g/mol.